The molecule has 16 heavy (non-hydrogen) atoms. The Morgan fingerprint density at radius 1 is 1.62 bits per heavy atom. The van der Waals surface area contributed by atoms with Gasteiger partial charge < -0.3 is 10.2 Å². The first-order valence-electron chi connectivity index (χ1n) is 4.82. The van der Waals surface area contributed by atoms with Gasteiger partial charge in [0.2, 0.25) is 5.91 Å². The number of aliphatic carboxylic acids is 1. The molecule has 0 spiro atoms. The summed E-state index contributed by atoms with van der Waals surface area (Å²) in [6.07, 6.45) is 0. The Labute approximate surface area is 101 Å². The number of amides is 1. The van der Waals surface area contributed by atoms with E-state index < -0.39 is 11.9 Å². The fourth-order valence-electron chi connectivity index (χ4n) is 1.75. The normalized spacial score (nSPS) is 28.1. The highest BCUT2D eigenvalue weighted by Gasteiger charge is 2.55. The molecule has 5 nitrogen and oxygen atoms in total. The smallest absolute Gasteiger partial charge is 0.354 e. The highest BCUT2D eigenvalue weighted by atomic mass is 32.2. The van der Waals surface area contributed by atoms with Crippen molar-refractivity contribution in [2.45, 2.75) is 12.3 Å². The zero-order valence-electron chi connectivity index (χ0n) is 8.54. The summed E-state index contributed by atoms with van der Waals surface area (Å²) < 4.78 is 0.671. The van der Waals surface area contributed by atoms with Gasteiger partial charge in [0.15, 0.2) is 5.70 Å². The van der Waals surface area contributed by atoms with E-state index in [2.05, 4.69) is 0 Å². The topological polar surface area (TPSA) is 77.8 Å². The van der Waals surface area contributed by atoms with E-state index in [9.17, 15) is 9.59 Å². The fourth-order valence-corrected chi connectivity index (χ4v) is 4.46. The molecule has 1 unspecified atom stereocenters. The van der Waals surface area contributed by atoms with E-state index in [1.165, 1.54) is 28.4 Å². The van der Waals surface area contributed by atoms with Gasteiger partial charge in [0, 0.05) is 0 Å². The Balaban J connectivity index is 2.26. The summed E-state index contributed by atoms with van der Waals surface area (Å²) in [4.78, 5) is 23.9. The van der Waals surface area contributed by atoms with Crippen molar-refractivity contribution in [3.8, 4) is 0 Å². The minimum absolute atomic E-state index is 0.0801. The van der Waals surface area contributed by atoms with Crippen molar-refractivity contribution in [3.05, 3.63) is 9.93 Å². The first-order chi connectivity index (χ1) is 7.61. The standard InChI is InChI=1S/C9H11NO4S2/c1-2-15-9-5(8(13)14)10-6(12)4(3-11)7(10)16-9/h4,7,11H,2-3H2,1H3,(H,13,14)/t4?,7-/m0/s1. The monoisotopic (exact) mass is 261 g/mol. The van der Waals surface area contributed by atoms with Crippen LogP contribution in [-0.4, -0.2) is 44.7 Å². The van der Waals surface area contributed by atoms with Crippen LogP contribution in [0.5, 0.6) is 0 Å². The number of thioether (sulfide) groups is 2. The average molecular weight is 261 g/mol. The molecular formula is C9H11NO4S2. The van der Waals surface area contributed by atoms with Gasteiger partial charge in [-0.25, -0.2) is 4.79 Å². The van der Waals surface area contributed by atoms with Crippen LogP contribution in [0.2, 0.25) is 0 Å². The second kappa shape index (κ2) is 4.31. The summed E-state index contributed by atoms with van der Waals surface area (Å²) in [5.41, 5.74) is 0.0801. The highest BCUT2D eigenvalue weighted by Crippen LogP contribution is 2.52. The van der Waals surface area contributed by atoms with Crippen molar-refractivity contribution < 1.29 is 19.8 Å². The van der Waals surface area contributed by atoms with Crippen molar-refractivity contribution >= 4 is 35.4 Å². The van der Waals surface area contributed by atoms with Crippen LogP contribution >= 0.6 is 23.5 Å². The molecule has 0 aromatic rings. The molecular weight excluding hydrogens is 250 g/mol. The maximum atomic E-state index is 11.6. The fraction of sp³-hybridized carbons (Fsp3) is 0.556. The molecule has 0 aliphatic carbocycles. The average Bonchev–Trinajstić information content (AvgIpc) is 2.55. The zero-order chi connectivity index (χ0) is 11.9. The lowest BCUT2D eigenvalue weighted by atomic mass is 9.99. The van der Waals surface area contributed by atoms with Crippen molar-refractivity contribution in [3.63, 3.8) is 0 Å². The van der Waals surface area contributed by atoms with Gasteiger partial charge in [-0.05, 0) is 5.75 Å². The summed E-state index contributed by atoms with van der Waals surface area (Å²) in [5, 5.41) is 17.9. The van der Waals surface area contributed by atoms with Gasteiger partial charge in [0.05, 0.1) is 16.8 Å². The lowest BCUT2D eigenvalue weighted by molar-refractivity contribution is -0.153. The van der Waals surface area contributed by atoms with Crippen molar-refractivity contribution in [1.82, 2.24) is 4.90 Å². The third kappa shape index (κ3) is 1.54. The molecule has 7 heteroatoms. The maximum Gasteiger partial charge on any atom is 0.354 e. The third-order valence-corrected chi connectivity index (χ3v) is 5.06. The van der Waals surface area contributed by atoms with Crippen LogP contribution in [0.4, 0.5) is 0 Å². The molecule has 0 aromatic heterocycles. The Kier molecular flexibility index (Phi) is 3.18. The Morgan fingerprint density at radius 2 is 2.31 bits per heavy atom. The number of carboxylic acids is 1. The van der Waals surface area contributed by atoms with E-state index in [1.807, 2.05) is 6.92 Å². The van der Waals surface area contributed by atoms with E-state index in [4.69, 9.17) is 10.2 Å². The van der Waals surface area contributed by atoms with Gasteiger partial charge in [-0.2, -0.15) is 0 Å². The molecule has 0 radical (unpaired) electrons. The number of aliphatic hydroxyl groups is 1. The van der Waals surface area contributed by atoms with Crippen LogP contribution in [0.25, 0.3) is 0 Å². The molecule has 0 bridgehead atoms. The van der Waals surface area contributed by atoms with Crippen molar-refractivity contribution in [2.24, 2.45) is 5.92 Å². The van der Waals surface area contributed by atoms with E-state index >= 15 is 0 Å². The second-order valence-electron chi connectivity index (χ2n) is 3.38. The molecule has 0 aromatic carbocycles. The summed E-state index contributed by atoms with van der Waals surface area (Å²) in [6, 6.07) is 0. The number of fused-ring (bicyclic) bond motifs is 1. The number of carbonyl (C=O) groups excluding carboxylic acids is 1. The predicted molar refractivity (Wildman–Crippen MR) is 61.6 cm³/mol. The van der Waals surface area contributed by atoms with Crippen LogP contribution in [0.3, 0.4) is 0 Å². The molecule has 0 saturated carbocycles. The summed E-state index contributed by atoms with van der Waals surface area (Å²) >= 11 is 2.79. The molecule has 1 fully saturated rings. The van der Waals surface area contributed by atoms with Gasteiger partial charge in [-0.15, -0.1) is 11.8 Å². The van der Waals surface area contributed by atoms with Gasteiger partial charge >= 0.3 is 5.97 Å². The van der Waals surface area contributed by atoms with Crippen molar-refractivity contribution in [2.75, 3.05) is 12.4 Å². The lowest BCUT2D eigenvalue weighted by Gasteiger charge is -2.41. The van der Waals surface area contributed by atoms with E-state index in [0.717, 1.165) is 5.75 Å². The van der Waals surface area contributed by atoms with Crippen LogP contribution in [0.1, 0.15) is 6.92 Å². The number of nitrogens with zero attached hydrogens (tertiary/aromatic N) is 1. The van der Waals surface area contributed by atoms with Crippen LogP contribution < -0.4 is 0 Å². The molecule has 2 N–H and O–H groups in total. The van der Waals surface area contributed by atoms with E-state index in [1.54, 1.807) is 0 Å². The van der Waals surface area contributed by atoms with Gasteiger partial charge in [-0.3, -0.25) is 9.69 Å². The number of hydrogen-bond donors (Lipinski definition) is 2. The Bertz CT molecular complexity index is 382. The number of rotatable bonds is 4. The van der Waals surface area contributed by atoms with Crippen molar-refractivity contribution in [1.29, 1.82) is 0 Å². The second-order valence-corrected chi connectivity index (χ2v) is 6.04. The molecule has 88 valence electrons. The molecule has 2 aliphatic rings. The summed E-state index contributed by atoms with van der Waals surface area (Å²) in [6.45, 7) is 1.71. The van der Waals surface area contributed by atoms with Gasteiger partial charge in [0.1, 0.15) is 5.37 Å². The lowest BCUT2D eigenvalue weighted by Crippen LogP contribution is -2.58. The Morgan fingerprint density at radius 3 is 2.81 bits per heavy atom. The number of aliphatic hydroxyl groups excluding tert-OH is 1. The molecule has 1 saturated heterocycles. The third-order valence-electron chi connectivity index (χ3n) is 2.49. The van der Waals surface area contributed by atoms with Crippen LogP contribution in [0.15, 0.2) is 9.93 Å². The quantitative estimate of drug-likeness (QED) is 0.718. The van der Waals surface area contributed by atoms with E-state index in [-0.39, 0.29) is 23.6 Å². The predicted octanol–water partition coefficient (Wildman–Crippen LogP) is 0.517. The molecule has 2 aliphatic heterocycles. The first kappa shape index (κ1) is 11.8. The Hall–Kier alpha value is -0.660. The maximum absolute atomic E-state index is 11.6. The van der Waals surface area contributed by atoms with Gasteiger partial charge in [-0.1, -0.05) is 18.7 Å². The van der Waals surface area contributed by atoms with Crippen LogP contribution in [0, 0.1) is 5.92 Å². The number of carbonyl (C=O) groups is 2. The van der Waals surface area contributed by atoms with Crippen LogP contribution in [-0.2, 0) is 9.59 Å². The summed E-state index contributed by atoms with van der Waals surface area (Å²) in [5.74, 6) is -1.05. The highest BCUT2D eigenvalue weighted by molar-refractivity contribution is 8.22. The minimum atomic E-state index is -1.07. The molecule has 2 atom stereocenters. The SMILES string of the molecule is CCSC1=C(C(=O)O)N2C(=O)C(CO)[C@@H]2S1. The molecule has 2 heterocycles. The molecule has 2 rings (SSSR count). The first-order valence-corrected chi connectivity index (χ1v) is 6.69. The number of hydrogen-bond acceptors (Lipinski definition) is 5. The summed E-state index contributed by atoms with van der Waals surface area (Å²) in [7, 11) is 0. The zero-order valence-corrected chi connectivity index (χ0v) is 10.2. The minimum Gasteiger partial charge on any atom is -0.477 e. The number of carboxylic acid groups (broad SMARTS) is 1. The molecule has 1 amide bonds. The largest absolute Gasteiger partial charge is 0.477 e. The number of β-lactam (4-membered cyclic amide) rings is 1. The van der Waals surface area contributed by atoms with E-state index in [0.29, 0.717) is 4.24 Å². The van der Waals surface area contributed by atoms with Gasteiger partial charge in [0.25, 0.3) is 0 Å².